The van der Waals surface area contributed by atoms with Gasteiger partial charge in [0, 0.05) is 12.2 Å². The molecule has 2 heterocycles. The van der Waals surface area contributed by atoms with Gasteiger partial charge in [0.1, 0.15) is 17.8 Å². The zero-order valence-corrected chi connectivity index (χ0v) is 17.4. The standard InChI is InChI=1S/C21H25N5O3S/c22-30(27,28)29-12-14-5-7-16(11-14)26-10-9-18-20(23-13-24-21(18)26)25-19-8-6-15-3-1-2-4-17(15)19/h1-4,9-10,13-14,16,19H,5-8,11-12H2,(H2,22,27,28)(H,23,24,25)/t14-,16+,19-/m0/s1. The first-order valence-corrected chi connectivity index (χ1v) is 11.8. The van der Waals surface area contributed by atoms with E-state index in [2.05, 4.69) is 56.4 Å². The number of aromatic nitrogens is 3. The summed E-state index contributed by atoms with van der Waals surface area (Å²) in [4.78, 5) is 9.06. The van der Waals surface area contributed by atoms with Crippen LogP contribution in [0.1, 0.15) is 48.9 Å². The van der Waals surface area contributed by atoms with Crippen molar-refractivity contribution in [3.8, 4) is 0 Å². The van der Waals surface area contributed by atoms with Crippen LogP contribution in [-0.2, 0) is 20.9 Å². The number of aryl methyl sites for hydroxylation is 1. The number of nitrogens with two attached hydrogens (primary N) is 1. The molecule has 0 saturated heterocycles. The maximum atomic E-state index is 11.1. The van der Waals surface area contributed by atoms with Gasteiger partial charge in [0.25, 0.3) is 0 Å². The molecule has 3 N–H and O–H groups in total. The highest BCUT2D eigenvalue weighted by Gasteiger charge is 2.29. The zero-order chi connectivity index (χ0) is 20.7. The van der Waals surface area contributed by atoms with E-state index in [0.29, 0.717) is 0 Å². The average molecular weight is 428 g/mol. The molecule has 1 fully saturated rings. The van der Waals surface area contributed by atoms with Crippen LogP contribution in [0.3, 0.4) is 0 Å². The van der Waals surface area contributed by atoms with Gasteiger partial charge in [-0.3, -0.25) is 4.18 Å². The Morgan fingerprint density at radius 3 is 2.90 bits per heavy atom. The minimum atomic E-state index is -3.89. The molecule has 0 spiro atoms. The van der Waals surface area contributed by atoms with Gasteiger partial charge in [-0.05, 0) is 55.2 Å². The Morgan fingerprint density at radius 1 is 1.17 bits per heavy atom. The highest BCUT2D eigenvalue weighted by molar-refractivity contribution is 7.84. The first-order chi connectivity index (χ1) is 14.5. The van der Waals surface area contributed by atoms with Crippen molar-refractivity contribution in [1.29, 1.82) is 0 Å². The summed E-state index contributed by atoms with van der Waals surface area (Å²) in [5.74, 6) is 1.02. The van der Waals surface area contributed by atoms with Crippen LogP contribution in [0.5, 0.6) is 0 Å². The lowest BCUT2D eigenvalue weighted by Crippen LogP contribution is -2.19. The van der Waals surface area contributed by atoms with Crippen LogP contribution in [-0.4, -0.2) is 29.6 Å². The smallest absolute Gasteiger partial charge is 0.333 e. The van der Waals surface area contributed by atoms with Crippen molar-refractivity contribution in [2.24, 2.45) is 11.1 Å². The number of benzene rings is 1. The topological polar surface area (TPSA) is 112 Å². The van der Waals surface area contributed by atoms with Crippen LogP contribution in [0.25, 0.3) is 11.0 Å². The first kappa shape index (κ1) is 19.5. The Labute approximate surface area is 175 Å². The van der Waals surface area contributed by atoms with Crippen LogP contribution in [0, 0.1) is 5.92 Å². The average Bonchev–Trinajstić information content (AvgIpc) is 3.44. The number of fused-ring (bicyclic) bond motifs is 2. The third-order valence-corrected chi connectivity index (χ3v) is 6.79. The van der Waals surface area contributed by atoms with Gasteiger partial charge in [-0.1, -0.05) is 24.3 Å². The second-order valence-corrected chi connectivity index (χ2v) is 9.45. The minimum absolute atomic E-state index is 0.136. The van der Waals surface area contributed by atoms with Crippen LogP contribution in [0.4, 0.5) is 5.82 Å². The summed E-state index contributed by atoms with van der Waals surface area (Å²) in [6.45, 7) is 0.136. The van der Waals surface area contributed by atoms with E-state index in [1.54, 1.807) is 6.33 Å². The van der Waals surface area contributed by atoms with Crippen LogP contribution >= 0.6 is 0 Å². The molecule has 2 aliphatic rings. The van der Waals surface area contributed by atoms with E-state index in [1.807, 2.05) is 0 Å². The lowest BCUT2D eigenvalue weighted by molar-refractivity contribution is 0.253. The molecule has 2 aliphatic carbocycles. The molecule has 0 aliphatic heterocycles. The fraction of sp³-hybridized carbons (Fsp3) is 0.429. The Hall–Kier alpha value is -2.49. The summed E-state index contributed by atoms with van der Waals surface area (Å²) in [6.07, 6.45) is 8.48. The van der Waals surface area contributed by atoms with Gasteiger partial charge in [0.15, 0.2) is 0 Å². The number of hydrogen-bond acceptors (Lipinski definition) is 6. The SMILES string of the molecule is NS(=O)(=O)OC[C@H]1CC[C@@H](n2ccc3c(N[C@H]4CCc5ccccc54)ncnc32)C1. The Bertz CT molecular complexity index is 1180. The first-order valence-electron chi connectivity index (χ1n) is 10.3. The highest BCUT2D eigenvalue weighted by Crippen LogP contribution is 2.38. The van der Waals surface area contributed by atoms with Crippen molar-refractivity contribution in [3.63, 3.8) is 0 Å². The van der Waals surface area contributed by atoms with Gasteiger partial charge in [-0.2, -0.15) is 8.42 Å². The summed E-state index contributed by atoms with van der Waals surface area (Å²) in [5.41, 5.74) is 3.64. The second kappa shape index (κ2) is 7.64. The maximum absolute atomic E-state index is 11.1. The van der Waals surface area contributed by atoms with Gasteiger partial charge in [-0.15, -0.1) is 0 Å². The fourth-order valence-electron chi connectivity index (χ4n) is 4.90. The third kappa shape index (κ3) is 3.80. The number of nitrogens with zero attached hydrogens (tertiary/aromatic N) is 3. The lowest BCUT2D eigenvalue weighted by atomic mass is 10.1. The van der Waals surface area contributed by atoms with Crippen molar-refractivity contribution in [2.75, 3.05) is 11.9 Å². The molecular formula is C21H25N5O3S. The zero-order valence-electron chi connectivity index (χ0n) is 16.6. The molecule has 1 aromatic carbocycles. The molecule has 0 amide bonds. The molecule has 2 aromatic heterocycles. The highest BCUT2D eigenvalue weighted by atomic mass is 32.2. The van der Waals surface area contributed by atoms with Gasteiger partial charge in [-0.25, -0.2) is 15.1 Å². The van der Waals surface area contributed by atoms with Gasteiger partial charge < -0.3 is 9.88 Å². The molecule has 0 radical (unpaired) electrons. The fourth-order valence-corrected chi connectivity index (χ4v) is 5.28. The van der Waals surface area contributed by atoms with Gasteiger partial charge in [0.2, 0.25) is 0 Å². The molecule has 158 valence electrons. The monoisotopic (exact) mass is 427 g/mol. The molecule has 3 aromatic rings. The molecule has 30 heavy (non-hydrogen) atoms. The van der Waals surface area contributed by atoms with E-state index in [9.17, 15) is 8.42 Å². The molecule has 9 heteroatoms. The van der Waals surface area contributed by atoms with Crippen molar-refractivity contribution in [3.05, 3.63) is 54.0 Å². The van der Waals surface area contributed by atoms with Gasteiger partial charge in [0.05, 0.1) is 18.0 Å². The summed E-state index contributed by atoms with van der Waals surface area (Å²) >= 11 is 0. The van der Waals surface area contributed by atoms with Crippen LogP contribution in [0.15, 0.2) is 42.9 Å². The predicted molar refractivity (Wildman–Crippen MR) is 114 cm³/mol. The summed E-state index contributed by atoms with van der Waals surface area (Å²) in [5, 5.41) is 9.58. The van der Waals surface area contributed by atoms with Crippen molar-refractivity contribution in [2.45, 2.75) is 44.2 Å². The summed E-state index contributed by atoms with van der Waals surface area (Å²) in [6, 6.07) is 11.1. The normalized spacial score (nSPS) is 23.7. The number of anilines is 1. The molecule has 0 bridgehead atoms. The second-order valence-electron chi connectivity index (χ2n) is 8.23. The van der Waals surface area contributed by atoms with E-state index >= 15 is 0 Å². The molecular weight excluding hydrogens is 402 g/mol. The van der Waals surface area contributed by atoms with Crippen LogP contribution < -0.4 is 10.5 Å². The number of nitrogens with one attached hydrogen (secondary N) is 1. The molecule has 3 atom stereocenters. The summed E-state index contributed by atoms with van der Waals surface area (Å²) in [7, 11) is -3.89. The van der Waals surface area contributed by atoms with Crippen molar-refractivity contribution < 1.29 is 12.6 Å². The quantitative estimate of drug-likeness (QED) is 0.625. The van der Waals surface area contributed by atoms with E-state index in [0.717, 1.165) is 49.0 Å². The van der Waals surface area contributed by atoms with Crippen molar-refractivity contribution >= 4 is 27.2 Å². The van der Waals surface area contributed by atoms with E-state index in [-0.39, 0.29) is 24.6 Å². The Balaban J connectivity index is 1.35. The van der Waals surface area contributed by atoms with E-state index < -0.39 is 10.3 Å². The van der Waals surface area contributed by atoms with E-state index in [1.165, 1.54) is 11.1 Å². The Kier molecular flexibility index (Phi) is 4.96. The molecule has 0 unspecified atom stereocenters. The third-order valence-electron chi connectivity index (χ3n) is 6.33. The molecule has 1 saturated carbocycles. The van der Waals surface area contributed by atoms with Crippen LogP contribution in [0.2, 0.25) is 0 Å². The van der Waals surface area contributed by atoms with E-state index in [4.69, 9.17) is 9.32 Å². The number of hydrogen-bond donors (Lipinski definition) is 2. The predicted octanol–water partition coefficient (Wildman–Crippen LogP) is 3.09. The number of rotatable bonds is 6. The minimum Gasteiger partial charge on any atom is -0.363 e. The van der Waals surface area contributed by atoms with Gasteiger partial charge >= 0.3 is 10.3 Å². The molecule has 8 nitrogen and oxygen atoms in total. The largest absolute Gasteiger partial charge is 0.363 e. The Morgan fingerprint density at radius 2 is 2.03 bits per heavy atom. The lowest BCUT2D eigenvalue weighted by Gasteiger charge is -2.17. The molecule has 5 rings (SSSR count). The maximum Gasteiger partial charge on any atom is 0.333 e. The van der Waals surface area contributed by atoms with Crippen molar-refractivity contribution in [1.82, 2.24) is 14.5 Å². The summed E-state index contributed by atoms with van der Waals surface area (Å²) < 4.78 is 29.1.